The summed E-state index contributed by atoms with van der Waals surface area (Å²) in [7, 11) is 0. The van der Waals surface area contributed by atoms with Gasteiger partial charge in [0, 0.05) is 5.41 Å². The molecular formula is C12H10F4O2. The third-order valence-electron chi connectivity index (χ3n) is 3.21. The molecule has 2 rings (SSSR count). The SMILES string of the molecule is O=C(O)CC1(c2cc(C(F)(F)F)ccc2F)CC1. The van der Waals surface area contributed by atoms with Gasteiger partial charge in [-0.25, -0.2) is 4.39 Å². The third-order valence-corrected chi connectivity index (χ3v) is 3.21. The maximum atomic E-state index is 13.6. The number of rotatable bonds is 3. The van der Waals surface area contributed by atoms with Gasteiger partial charge in [-0.05, 0) is 36.6 Å². The first kappa shape index (κ1) is 12.9. The number of hydrogen-bond acceptors (Lipinski definition) is 1. The standard InChI is InChI=1S/C12H10F4O2/c13-9-2-1-7(12(14,15)16)5-8(9)11(3-4-11)6-10(17)18/h1-2,5H,3-4,6H2,(H,17,18). The van der Waals surface area contributed by atoms with Crippen LogP contribution in [0.2, 0.25) is 0 Å². The molecule has 0 heterocycles. The van der Waals surface area contributed by atoms with Crippen LogP contribution in [0, 0.1) is 5.82 Å². The Hall–Kier alpha value is -1.59. The average molecular weight is 262 g/mol. The first-order chi connectivity index (χ1) is 8.24. The highest BCUT2D eigenvalue weighted by Crippen LogP contribution is 2.52. The number of aliphatic carboxylic acids is 1. The van der Waals surface area contributed by atoms with Gasteiger partial charge < -0.3 is 5.11 Å². The molecule has 2 nitrogen and oxygen atoms in total. The van der Waals surface area contributed by atoms with E-state index in [1.165, 1.54) is 0 Å². The first-order valence-electron chi connectivity index (χ1n) is 5.34. The lowest BCUT2D eigenvalue weighted by atomic mass is 9.90. The van der Waals surface area contributed by atoms with Crippen molar-refractivity contribution in [2.45, 2.75) is 30.9 Å². The Morgan fingerprint density at radius 3 is 2.39 bits per heavy atom. The minimum atomic E-state index is -4.55. The van der Waals surface area contributed by atoms with Crippen molar-refractivity contribution in [1.29, 1.82) is 0 Å². The van der Waals surface area contributed by atoms with E-state index in [-0.39, 0.29) is 12.0 Å². The summed E-state index contributed by atoms with van der Waals surface area (Å²) >= 11 is 0. The number of hydrogen-bond donors (Lipinski definition) is 1. The number of alkyl halides is 3. The fourth-order valence-electron chi connectivity index (χ4n) is 2.09. The number of carbonyl (C=O) groups is 1. The van der Waals surface area contributed by atoms with Gasteiger partial charge in [-0.3, -0.25) is 4.79 Å². The maximum absolute atomic E-state index is 13.6. The lowest BCUT2D eigenvalue weighted by Gasteiger charge is -2.16. The summed E-state index contributed by atoms with van der Waals surface area (Å²) < 4.78 is 51.2. The van der Waals surface area contributed by atoms with Crippen LogP contribution in [0.1, 0.15) is 30.4 Å². The van der Waals surface area contributed by atoms with Crippen molar-refractivity contribution >= 4 is 5.97 Å². The summed E-state index contributed by atoms with van der Waals surface area (Å²) in [6.07, 6.45) is -4.10. The van der Waals surface area contributed by atoms with Crippen molar-refractivity contribution in [2.75, 3.05) is 0 Å². The van der Waals surface area contributed by atoms with Crippen molar-refractivity contribution in [3.05, 3.63) is 35.1 Å². The summed E-state index contributed by atoms with van der Waals surface area (Å²) in [6, 6.07) is 2.14. The van der Waals surface area contributed by atoms with Gasteiger partial charge in [0.1, 0.15) is 5.82 Å². The maximum Gasteiger partial charge on any atom is 0.416 e. The van der Waals surface area contributed by atoms with Crippen LogP contribution in [-0.2, 0) is 16.4 Å². The van der Waals surface area contributed by atoms with Crippen molar-refractivity contribution in [3.63, 3.8) is 0 Å². The number of carboxylic acids is 1. The van der Waals surface area contributed by atoms with E-state index in [2.05, 4.69) is 0 Å². The van der Waals surface area contributed by atoms with Gasteiger partial charge >= 0.3 is 12.1 Å². The third kappa shape index (κ3) is 2.32. The Kier molecular flexibility index (Phi) is 2.83. The molecule has 6 heteroatoms. The van der Waals surface area contributed by atoms with Gasteiger partial charge in [0.15, 0.2) is 0 Å². The molecule has 1 N–H and O–H groups in total. The molecular weight excluding hydrogens is 252 g/mol. The second-order valence-corrected chi connectivity index (χ2v) is 4.54. The lowest BCUT2D eigenvalue weighted by Crippen LogP contribution is -2.16. The minimum absolute atomic E-state index is 0.139. The van der Waals surface area contributed by atoms with Crippen molar-refractivity contribution < 1.29 is 27.5 Å². The van der Waals surface area contributed by atoms with E-state index in [1.54, 1.807) is 0 Å². The Balaban J connectivity index is 2.42. The molecule has 0 saturated heterocycles. The Morgan fingerprint density at radius 2 is 1.94 bits per heavy atom. The summed E-state index contributed by atoms with van der Waals surface area (Å²) in [5.41, 5.74) is -2.05. The largest absolute Gasteiger partial charge is 0.481 e. The Bertz CT molecular complexity index is 489. The molecule has 0 aliphatic heterocycles. The van der Waals surface area contributed by atoms with Crippen molar-refractivity contribution in [1.82, 2.24) is 0 Å². The summed E-state index contributed by atoms with van der Waals surface area (Å²) in [4.78, 5) is 10.7. The van der Waals surface area contributed by atoms with Crippen LogP contribution in [0.5, 0.6) is 0 Å². The van der Waals surface area contributed by atoms with Crippen LogP contribution < -0.4 is 0 Å². The van der Waals surface area contributed by atoms with E-state index in [0.717, 1.165) is 12.1 Å². The molecule has 0 amide bonds. The summed E-state index contributed by atoms with van der Waals surface area (Å²) in [5, 5.41) is 8.73. The first-order valence-corrected chi connectivity index (χ1v) is 5.34. The predicted octanol–water partition coefficient (Wildman–Crippen LogP) is 3.35. The van der Waals surface area contributed by atoms with Crippen LogP contribution in [0.4, 0.5) is 17.6 Å². The zero-order chi connectivity index (χ0) is 13.6. The monoisotopic (exact) mass is 262 g/mol. The molecule has 0 bridgehead atoms. The second kappa shape index (κ2) is 3.96. The van der Waals surface area contributed by atoms with Gasteiger partial charge in [-0.2, -0.15) is 13.2 Å². The zero-order valence-corrected chi connectivity index (χ0v) is 9.22. The van der Waals surface area contributed by atoms with Gasteiger partial charge in [0.2, 0.25) is 0 Å². The second-order valence-electron chi connectivity index (χ2n) is 4.54. The molecule has 0 aromatic heterocycles. The fraction of sp³-hybridized carbons (Fsp3) is 0.417. The highest BCUT2D eigenvalue weighted by molar-refractivity contribution is 5.70. The van der Waals surface area contributed by atoms with Crippen LogP contribution in [0.25, 0.3) is 0 Å². The van der Waals surface area contributed by atoms with Gasteiger partial charge in [-0.15, -0.1) is 0 Å². The van der Waals surface area contributed by atoms with Crippen molar-refractivity contribution in [3.8, 4) is 0 Å². The van der Waals surface area contributed by atoms with Gasteiger partial charge in [0.25, 0.3) is 0 Å². The molecule has 1 aliphatic rings. The predicted molar refractivity (Wildman–Crippen MR) is 54.6 cm³/mol. The van der Waals surface area contributed by atoms with Crippen LogP contribution in [-0.4, -0.2) is 11.1 Å². The molecule has 1 fully saturated rings. The topological polar surface area (TPSA) is 37.3 Å². The molecule has 0 unspecified atom stereocenters. The highest BCUT2D eigenvalue weighted by Gasteiger charge is 2.48. The molecule has 18 heavy (non-hydrogen) atoms. The minimum Gasteiger partial charge on any atom is -0.481 e. The molecule has 0 spiro atoms. The smallest absolute Gasteiger partial charge is 0.416 e. The number of benzene rings is 1. The van der Waals surface area contributed by atoms with Gasteiger partial charge in [0.05, 0.1) is 12.0 Å². The zero-order valence-electron chi connectivity index (χ0n) is 9.22. The summed E-state index contributed by atoms with van der Waals surface area (Å²) in [6.45, 7) is 0. The normalized spacial score (nSPS) is 17.6. The van der Waals surface area contributed by atoms with E-state index in [4.69, 9.17) is 5.11 Å². The van der Waals surface area contributed by atoms with E-state index in [9.17, 15) is 22.4 Å². The van der Waals surface area contributed by atoms with Crippen LogP contribution >= 0.6 is 0 Å². The molecule has 1 aliphatic carbocycles. The van der Waals surface area contributed by atoms with E-state index in [0.29, 0.717) is 18.9 Å². The van der Waals surface area contributed by atoms with E-state index in [1.807, 2.05) is 0 Å². The molecule has 0 atom stereocenters. The number of halogens is 4. The quantitative estimate of drug-likeness (QED) is 0.848. The molecule has 1 saturated carbocycles. The van der Waals surface area contributed by atoms with E-state index < -0.39 is 28.9 Å². The highest BCUT2D eigenvalue weighted by atomic mass is 19.4. The Labute approximate surface area is 100 Å². The molecule has 0 radical (unpaired) electrons. The summed E-state index contributed by atoms with van der Waals surface area (Å²) in [5.74, 6) is -1.91. The fourth-order valence-corrected chi connectivity index (χ4v) is 2.09. The van der Waals surface area contributed by atoms with E-state index >= 15 is 0 Å². The number of carboxylic acid groups (broad SMARTS) is 1. The molecule has 1 aromatic rings. The van der Waals surface area contributed by atoms with Gasteiger partial charge in [-0.1, -0.05) is 0 Å². The molecule has 98 valence electrons. The van der Waals surface area contributed by atoms with Crippen molar-refractivity contribution in [2.24, 2.45) is 0 Å². The van der Waals surface area contributed by atoms with Crippen LogP contribution in [0.15, 0.2) is 18.2 Å². The van der Waals surface area contributed by atoms with Crippen LogP contribution in [0.3, 0.4) is 0 Å². The average Bonchev–Trinajstić information content (AvgIpc) is 2.96. The Morgan fingerprint density at radius 1 is 1.33 bits per heavy atom. The molecule has 1 aromatic carbocycles. The lowest BCUT2D eigenvalue weighted by molar-refractivity contribution is -0.138.